The number of benzene rings is 2. The number of fused-ring (bicyclic) bond motifs is 1. The van der Waals surface area contributed by atoms with Crippen LogP contribution in [0, 0.1) is 13.8 Å². The summed E-state index contributed by atoms with van der Waals surface area (Å²) in [7, 11) is 0. The van der Waals surface area contributed by atoms with E-state index in [2.05, 4.69) is 77.7 Å². The number of nitrogens with zero attached hydrogens (tertiary/aromatic N) is 2. The fourth-order valence-electron chi connectivity index (χ4n) is 2.74. The van der Waals surface area contributed by atoms with Gasteiger partial charge in [0.05, 0.1) is 5.39 Å². The number of thiophene rings is 1. The van der Waals surface area contributed by atoms with Crippen molar-refractivity contribution in [3.63, 3.8) is 0 Å². The van der Waals surface area contributed by atoms with Crippen LogP contribution in [0.25, 0.3) is 21.3 Å². The van der Waals surface area contributed by atoms with E-state index in [4.69, 9.17) is 0 Å². The molecule has 0 aliphatic heterocycles. The van der Waals surface area contributed by atoms with Crippen molar-refractivity contribution >= 4 is 33.3 Å². The lowest BCUT2D eigenvalue weighted by molar-refractivity contribution is 1.11. The van der Waals surface area contributed by atoms with Gasteiger partial charge in [-0.1, -0.05) is 59.7 Å². The van der Waals surface area contributed by atoms with Gasteiger partial charge in [0.25, 0.3) is 0 Å². The molecule has 0 saturated heterocycles. The van der Waals surface area contributed by atoms with Gasteiger partial charge >= 0.3 is 0 Å². The Hall–Kier alpha value is -2.17. The number of aryl methyl sites for hydroxylation is 2. The van der Waals surface area contributed by atoms with Gasteiger partial charge in [-0.25, -0.2) is 9.97 Å². The second-order valence-electron chi connectivity index (χ2n) is 6.15. The Morgan fingerprint density at radius 2 is 1.56 bits per heavy atom. The summed E-state index contributed by atoms with van der Waals surface area (Å²) in [6.45, 7) is 4.23. The SMILES string of the molecule is Cc1ccc(CSc2ncnc3scc(-c4ccc(C)cc4)c23)cc1. The first-order valence-corrected chi connectivity index (χ1v) is 10.0. The van der Waals surface area contributed by atoms with Gasteiger partial charge in [-0.3, -0.25) is 0 Å². The highest BCUT2D eigenvalue weighted by molar-refractivity contribution is 7.98. The Morgan fingerprint density at radius 1 is 0.880 bits per heavy atom. The lowest BCUT2D eigenvalue weighted by atomic mass is 10.1. The van der Waals surface area contributed by atoms with E-state index in [0.717, 1.165) is 15.6 Å². The third-order valence-corrected chi connectivity index (χ3v) is 6.14. The molecule has 0 spiro atoms. The third-order valence-electron chi connectivity index (χ3n) is 4.19. The lowest BCUT2D eigenvalue weighted by Gasteiger charge is -2.06. The molecule has 0 fully saturated rings. The number of hydrogen-bond donors (Lipinski definition) is 0. The average Bonchev–Trinajstić information content (AvgIpc) is 3.07. The van der Waals surface area contributed by atoms with Crippen LogP contribution in [0.2, 0.25) is 0 Å². The van der Waals surface area contributed by atoms with Crippen LogP contribution in [0.15, 0.2) is 65.3 Å². The van der Waals surface area contributed by atoms with E-state index >= 15 is 0 Å². The highest BCUT2D eigenvalue weighted by atomic mass is 32.2. The predicted octanol–water partition coefficient (Wildman–Crippen LogP) is 6.27. The van der Waals surface area contributed by atoms with Gasteiger partial charge in [-0.15, -0.1) is 23.1 Å². The van der Waals surface area contributed by atoms with Gasteiger partial charge in [-0.05, 0) is 25.0 Å². The van der Waals surface area contributed by atoms with Crippen LogP contribution >= 0.6 is 23.1 Å². The molecule has 0 aliphatic rings. The largest absolute Gasteiger partial charge is 0.229 e. The van der Waals surface area contributed by atoms with Crippen LogP contribution in [0.4, 0.5) is 0 Å². The van der Waals surface area contributed by atoms with Crippen LogP contribution in [-0.4, -0.2) is 9.97 Å². The Bertz CT molecular complexity index is 1000. The van der Waals surface area contributed by atoms with Crippen LogP contribution < -0.4 is 0 Å². The van der Waals surface area contributed by atoms with E-state index in [0.29, 0.717) is 0 Å². The summed E-state index contributed by atoms with van der Waals surface area (Å²) in [5.74, 6) is 0.912. The minimum absolute atomic E-state index is 0.912. The van der Waals surface area contributed by atoms with Gasteiger partial charge in [0.1, 0.15) is 16.2 Å². The molecule has 0 radical (unpaired) electrons. The van der Waals surface area contributed by atoms with Crippen LogP contribution in [0.1, 0.15) is 16.7 Å². The topological polar surface area (TPSA) is 25.8 Å². The first-order chi connectivity index (χ1) is 12.2. The van der Waals surface area contributed by atoms with Gasteiger partial charge in [0, 0.05) is 16.7 Å². The molecule has 0 unspecified atom stereocenters. The Morgan fingerprint density at radius 3 is 2.28 bits per heavy atom. The van der Waals surface area contributed by atoms with E-state index in [-0.39, 0.29) is 0 Å². The number of aromatic nitrogens is 2. The molecular weight excluding hydrogens is 344 g/mol. The summed E-state index contributed by atoms with van der Waals surface area (Å²) in [4.78, 5) is 10.1. The van der Waals surface area contributed by atoms with E-state index in [1.807, 2.05) is 0 Å². The zero-order valence-electron chi connectivity index (χ0n) is 14.2. The molecule has 0 bridgehead atoms. The molecule has 2 aromatic heterocycles. The van der Waals surface area contributed by atoms with E-state index in [1.54, 1.807) is 29.4 Å². The first kappa shape index (κ1) is 16.3. The van der Waals surface area contributed by atoms with Crippen molar-refractivity contribution in [2.45, 2.75) is 24.6 Å². The number of hydrogen-bond acceptors (Lipinski definition) is 4. The van der Waals surface area contributed by atoms with Crippen molar-refractivity contribution in [2.75, 3.05) is 0 Å². The van der Waals surface area contributed by atoms with Crippen LogP contribution in [-0.2, 0) is 5.75 Å². The zero-order chi connectivity index (χ0) is 17.2. The highest BCUT2D eigenvalue weighted by Crippen LogP contribution is 2.38. The molecule has 0 atom stereocenters. The molecule has 124 valence electrons. The third kappa shape index (κ3) is 3.46. The van der Waals surface area contributed by atoms with Crippen molar-refractivity contribution in [2.24, 2.45) is 0 Å². The average molecular weight is 363 g/mol. The molecule has 2 heterocycles. The van der Waals surface area contributed by atoms with Gasteiger partial charge in [0.2, 0.25) is 0 Å². The Balaban J connectivity index is 1.70. The fourth-order valence-corrected chi connectivity index (χ4v) is 4.69. The maximum Gasteiger partial charge on any atom is 0.128 e. The number of thioether (sulfide) groups is 1. The Kier molecular flexibility index (Phi) is 4.55. The molecule has 2 aromatic carbocycles. The van der Waals surface area contributed by atoms with Crippen molar-refractivity contribution in [3.05, 3.63) is 76.9 Å². The Labute approximate surface area is 156 Å². The smallest absolute Gasteiger partial charge is 0.128 e. The van der Waals surface area contributed by atoms with E-state index in [1.165, 1.54) is 33.2 Å². The molecule has 4 heteroatoms. The predicted molar refractivity (Wildman–Crippen MR) is 108 cm³/mol. The van der Waals surface area contributed by atoms with Crippen molar-refractivity contribution in [1.82, 2.24) is 9.97 Å². The highest BCUT2D eigenvalue weighted by Gasteiger charge is 2.13. The summed E-state index contributed by atoms with van der Waals surface area (Å²) in [6.07, 6.45) is 1.68. The standard InChI is InChI=1S/C21H18N2S2/c1-14-3-7-16(8-4-14)11-24-20-19-18(12-25-21(19)23-13-22-20)17-9-5-15(2)6-10-17/h3-10,12-13H,11H2,1-2H3. The molecular formula is C21H18N2S2. The maximum absolute atomic E-state index is 4.57. The molecule has 0 saturated carbocycles. The van der Waals surface area contributed by atoms with Gasteiger partial charge < -0.3 is 0 Å². The normalized spacial score (nSPS) is 11.1. The molecule has 0 N–H and O–H groups in total. The quantitative estimate of drug-likeness (QED) is 0.316. The molecule has 4 rings (SSSR count). The monoisotopic (exact) mass is 362 g/mol. The fraction of sp³-hybridized carbons (Fsp3) is 0.143. The van der Waals surface area contributed by atoms with E-state index < -0.39 is 0 Å². The molecule has 0 aliphatic carbocycles. The maximum atomic E-state index is 4.57. The molecule has 25 heavy (non-hydrogen) atoms. The van der Waals surface area contributed by atoms with Crippen LogP contribution in [0.3, 0.4) is 0 Å². The van der Waals surface area contributed by atoms with Crippen molar-refractivity contribution in [1.29, 1.82) is 0 Å². The zero-order valence-corrected chi connectivity index (χ0v) is 15.8. The molecule has 2 nitrogen and oxygen atoms in total. The minimum Gasteiger partial charge on any atom is -0.229 e. The van der Waals surface area contributed by atoms with E-state index in [9.17, 15) is 0 Å². The summed E-state index contributed by atoms with van der Waals surface area (Å²) in [6, 6.07) is 17.4. The van der Waals surface area contributed by atoms with Gasteiger partial charge in [0.15, 0.2) is 0 Å². The second-order valence-corrected chi connectivity index (χ2v) is 7.97. The summed E-state index contributed by atoms with van der Waals surface area (Å²) >= 11 is 3.47. The minimum atomic E-state index is 0.912. The van der Waals surface area contributed by atoms with Crippen LogP contribution in [0.5, 0.6) is 0 Å². The summed E-state index contributed by atoms with van der Waals surface area (Å²) in [5, 5.41) is 4.43. The first-order valence-electron chi connectivity index (χ1n) is 8.18. The molecule has 0 amide bonds. The molecule has 4 aromatic rings. The van der Waals surface area contributed by atoms with Gasteiger partial charge in [-0.2, -0.15) is 0 Å². The summed E-state index contributed by atoms with van der Waals surface area (Å²) < 4.78 is 0. The van der Waals surface area contributed by atoms with Crippen molar-refractivity contribution < 1.29 is 0 Å². The second kappa shape index (κ2) is 6.98. The number of rotatable bonds is 4. The summed E-state index contributed by atoms with van der Waals surface area (Å²) in [5.41, 5.74) is 6.33. The van der Waals surface area contributed by atoms with Crippen molar-refractivity contribution in [3.8, 4) is 11.1 Å². The lowest BCUT2D eigenvalue weighted by Crippen LogP contribution is -1.88.